The Morgan fingerprint density at radius 1 is 0.333 bits per heavy atom. The van der Waals surface area contributed by atoms with E-state index in [0.717, 1.165) is 0 Å². The van der Waals surface area contributed by atoms with Gasteiger partial charge in [0.05, 0.1) is 0 Å². The van der Waals surface area contributed by atoms with Gasteiger partial charge in [0.15, 0.2) is 0 Å². The van der Waals surface area contributed by atoms with Crippen molar-refractivity contribution in [3.05, 3.63) is 0 Å². The molecule has 0 aliphatic rings. The Morgan fingerprint density at radius 2 is 0.333 bits per heavy atom. The van der Waals surface area contributed by atoms with Crippen molar-refractivity contribution in [2.45, 2.75) is 0 Å². The zero-order chi connectivity index (χ0) is 0. The minimum absolute atomic E-state index is 0. The Bertz CT molecular complexity index is 8.88. The largest absolute Gasteiger partial charge is 2.00 e. The monoisotopic (exact) mass is 222 g/mol. The summed E-state index contributed by atoms with van der Waals surface area (Å²) < 4.78 is 0. The number of hydrogen-bond acceptors (Lipinski definition) is 0. The Hall–Kier alpha value is 0.693. The molecule has 64 valence electrons. The first-order valence-electron chi connectivity index (χ1n) is 0. The molecule has 0 rings (SSSR count). The molecule has 0 aromatic heterocycles. The molecule has 0 aliphatic heterocycles. The van der Waals surface area contributed by atoms with Gasteiger partial charge >= 0.3 is 19.5 Å². The Morgan fingerprint density at radius 3 is 0.333 bits per heavy atom. The standard InChI is InChI=1S/7H2O.S.Zn/h7*1H2;;/q;;;;;;;-2;+2. The topological polar surface area (TPSA) is 220 Å². The van der Waals surface area contributed by atoms with E-state index in [1.165, 1.54) is 0 Å². The van der Waals surface area contributed by atoms with Crippen LogP contribution >= 0.6 is 0 Å². The van der Waals surface area contributed by atoms with Crippen molar-refractivity contribution in [2.75, 3.05) is 0 Å². The van der Waals surface area contributed by atoms with Crippen LogP contribution in [0, 0.1) is 0 Å². The summed E-state index contributed by atoms with van der Waals surface area (Å²) in [4.78, 5) is 0. The van der Waals surface area contributed by atoms with E-state index in [9.17, 15) is 0 Å². The van der Waals surface area contributed by atoms with Crippen LogP contribution in [0.4, 0.5) is 0 Å². The van der Waals surface area contributed by atoms with E-state index in [-0.39, 0.29) is 71.3 Å². The molecule has 0 spiro atoms. The summed E-state index contributed by atoms with van der Waals surface area (Å²) in [5.74, 6) is 0. The van der Waals surface area contributed by atoms with E-state index in [2.05, 4.69) is 0 Å². The van der Waals surface area contributed by atoms with Crippen LogP contribution < -0.4 is 0 Å². The van der Waals surface area contributed by atoms with Gasteiger partial charge in [0, 0.05) is 0 Å². The van der Waals surface area contributed by atoms with E-state index in [0.29, 0.717) is 0 Å². The van der Waals surface area contributed by atoms with Crippen molar-refractivity contribution in [2.24, 2.45) is 0 Å². The fourth-order valence-corrected chi connectivity index (χ4v) is 0. The van der Waals surface area contributed by atoms with Crippen molar-refractivity contribution < 1.29 is 57.8 Å². The van der Waals surface area contributed by atoms with Crippen molar-refractivity contribution in [3.63, 3.8) is 0 Å². The van der Waals surface area contributed by atoms with Crippen molar-refractivity contribution in [1.29, 1.82) is 0 Å². The molecule has 7 nitrogen and oxygen atoms in total. The summed E-state index contributed by atoms with van der Waals surface area (Å²) in [6, 6.07) is 0. The first-order valence-corrected chi connectivity index (χ1v) is 0. The molecule has 0 radical (unpaired) electrons. The molecule has 0 saturated heterocycles. The second kappa shape index (κ2) is 1070. The van der Waals surface area contributed by atoms with E-state index in [1.807, 2.05) is 0 Å². The maximum Gasteiger partial charge on any atom is 2.00 e. The van der Waals surface area contributed by atoms with Gasteiger partial charge in [-0.3, -0.25) is 0 Å². The summed E-state index contributed by atoms with van der Waals surface area (Å²) in [6.07, 6.45) is 0. The van der Waals surface area contributed by atoms with Crippen LogP contribution in [-0.2, 0) is 33.0 Å². The third-order valence-electron chi connectivity index (χ3n) is 0. The minimum Gasteiger partial charge on any atom is -2.00 e. The molecule has 0 heterocycles. The minimum atomic E-state index is 0. The van der Waals surface area contributed by atoms with Crippen LogP contribution in [0.15, 0.2) is 0 Å². The average Bonchev–Trinajstić information content (AvgIpc) is 0. The van der Waals surface area contributed by atoms with Gasteiger partial charge in [-0.15, -0.1) is 0 Å². The van der Waals surface area contributed by atoms with Gasteiger partial charge < -0.3 is 51.8 Å². The summed E-state index contributed by atoms with van der Waals surface area (Å²) >= 11 is 0. The summed E-state index contributed by atoms with van der Waals surface area (Å²) in [5.41, 5.74) is 0. The molecule has 9 heavy (non-hydrogen) atoms. The average molecular weight is 224 g/mol. The van der Waals surface area contributed by atoms with Gasteiger partial charge in [-0.25, -0.2) is 0 Å². The second-order valence-corrected chi connectivity index (χ2v) is 0. The third kappa shape index (κ3) is 810. The van der Waals surface area contributed by atoms with Crippen LogP contribution in [0.5, 0.6) is 0 Å². The Kier molecular flexibility index (Phi) is 181000. The Labute approximate surface area is 71.8 Å². The van der Waals surface area contributed by atoms with E-state index in [1.54, 1.807) is 0 Å². The Balaban J connectivity index is 0. The van der Waals surface area contributed by atoms with Crippen molar-refractivity contribution in [1.82, 2.24) is 0 Å². The van der Waals surface area contributed by atoms with Gasteiger partial charge in [0.2, 0.25) is 0 Å². The van der Waals surface area contributed by atoms with Gasteiger partial charge in [-0.2, -0.15) is 0 Å². The van der Waals surface area contributed by atoms with Crippen LogP contribution in [0.3, 0.4) is 0 Å². The summed E-state index contributed by atoms with van der Waals surface area (Å²) in [5, 5.41) is 0. The molecular weight excluding hydrogens is 209 g/mol. The van der Waals surface area contributed by atoms with Crippen LogP contribution in [0.25, 0.3) is 0 Å². The molecule has 0 saturated carbocycles. The first kappa shape index (κ1) is 1520. The van der Waals surface area contributed by atoms with E-state index >= 15 is 0 Å². The zero-order valence-electron chi connectivity index (χ0n) is 4.62. The quantitative estimate of drug-likeness (QED) is 0.350. The fourth-order valence-electron chi connectivity index (χ4n) is 0. The molecular formula is H14O7SZn. The molecule has 0 amide bonds. The molecule has 0 fully saturated rings. The van der Waals surface area contributed by atoms with Crippen molar-refractivity contribution in [3.8, 4) is 0 Å². The third-order valence-corrected chi connectivity index (χ3v) is 0. The molecule has 0 bridgehead atoms. The van der Waals surface area contributed by atoms with Crippen LogP contribution in [-0.4, -0.2) is 38.3 Å². The predicted molar refractivity (Wildman–Crippen MR) is 32.7 cm³/mol. The number of rotatable bonds is 0. The smallest absolute Gasteiger partial charge is 2.00 e. The molecule has 0 atom stereocenters. The zero-order valence-corrected chi connectivity index (χ0v) is 8.40. The summed E-state index contributed by atoms with van der Waals surface area (Å²) in [6.45, 7) is 0. The van der Waals surface area contributed by atoms with E-state index < -0.39 is 0 Å². The molecule has 14 N–H and O–H groups in total. The predicted octanol–water partition coefficient (Wildman–Crippen LogP) is -5.78. The van der Waals surface area contributed by atoms with Gasteiger partial charge in [-0.1, -0.05) is 0 Å². The molecule has 0 aromatic carbocycles. The first-order chi connectivity index (χ1) is 0. The van der Waals surface area contributed by atoms with E-state index in [4.69, 9.17) is 0 Å². The fraction of sp³-hybridized carbons (Fsp3) is 0. The molecule has 0 aromatic rings. The van der Waals surface area contributed by atoms with Crippen LogP contribution in [0.2, 0.25) is 0 Å². The molecule has 9 heteroatoms. The summed E-state index contributed by atoms with van der Waals surface area (Å²) in [7, 11) is 0. The maximum absolute atomic E-state index is 0. The maximum atomic E-state index is 0. The SMILES string of the molecule is O.O.O.O.O.O.O.[S-2].[Zn+2]. The van der Waals surface area contributed by atoms with Crippen LogP contribution in [0.1, 0.15) is 0 Å². The van der Waals surface area contributed by atoms with Gasteiger partial charge in [0.1, 0.15) is 0 Å². The van der Waals surface area contributed by atoms with Crippen molar-refractivity contribution >= 4 is 13.5 Å². The second-order valence-electron chi connectivity index (χ2n) is 0. The number of hydrogen-bond donors (Lipinski definition) is 0. The molecule has 0 aliphatic carbocycles. The van der Waals surface area contributed by atoms with Gasteiger partial charge in [0.25, 0.3) is 0 Å². The van der Waals surface area contributed by atoms with Gasteiger partial charge in [-0.05, 0) is 0 Å². The molecule has 0 unspecified atom stereocenters. The normalized spacial score (nSPS) is 0.